The highest BCUT2D eigenvalue weighted by Crippen LogP contribution is 2.60. The molecule has 0 atom stereocenters. The Hall–Kier alpha value is -1.62. The fraction of sp³-hybridized carbons (Fsp3) is 0.143. The Morgan fingerprint density at radius 2 is 0.696 bits per heavy atom. The first kappa shape index (κ1) is 16.2. The van der Waals surface area contributed by atoms with E-state index in [1.54, 1.807) is 0 Å². The molecule has 23 heavy (non-hydrogen) atoms. The molecule has 0 N–H and O–H groups in total. The van der Waals surface area contributed by atoms with Gasteiger partial charge in [0, 0.05) is 0 Å². The predicted molar refractivity (Wildman–Crippen MR) is 105 cm³/mol. The molecule has 116 valence electrons. The second kappa shape index (κ2) is 6.48. The minimum Gasteiger partial charge on any atom is -0.0553 e. The normalized spacial score (nSPS) is 11.5. The van der Waals surface area contributed by atoms with Gasteiger partial charge in [-0.15, -0.1) is 0 Å². The van der Waals surface area contributed by atoms with E-state index in [0.29, 0.717) is 0 Å². The summed E-state index contributed by atoms with van der Waals surface area (Å²) >= 11 is 7.38. The van der Waals surface area contributed by atoms with E-state index in [4.69, 9.17) is 11.2 Å². The van der Waals surface area contributed by atoms with Crippen LogP contribution in [0, 0.1) is 20.8 Å². The topological polar surface area (TPSA) is 0 Å². The van der Waals surface area contributed by atoms with Gasteiger partial charge in [-0.3, -0.25) is 0 Å². The number of hydrogen-bond donors (Lipinski definition) is 0. The average Bonchev–Trinajstić information content (AvgIpc) is 2.56. The summed E-state index contributed by atoms with van der Waals surface area (Å²) in [6, 6.07) is 25.9. The summed E-state index contributed by atoms with van der Waals surface area (Å²) in [6.45, 7) is 4.21. The summed E-state index contributed by atoms with van der Waals surface area (Å²) in [5.41, 5.74) is 3.76. The molecule has 0 aliphatic heterocycles. The molecule has 0 radical (unpaired) electrons. The average molecular weight is 340 g/mol. The summed E-state index contributed by atoms with van der Waals surface area (Å²) in [5.74, 6) is 0. The fourth-order valence-corrected chi connectivity index (χ4v) is 6.29. The second-order valence-corrected chi connectivity index (χ2v) is 10.3. The van der Waals surface area contributed by atoms with Gasteiger partial charge < -0.3 is 0 Å². The maximum atomic E-state index is 7.38. The van der Waals surface area contributed by atoms with Crippen LogP contribution >= 0.6 is 17.9 Å². The van der Waals surface area contributed by atoms with Crippen LogP contribution in [0.4, 0.5) is 0 Å². The largest absolute Gasteiger partial charge is 0.210 e. The molecule has 0 aliphatic carbocycles. The lowest BCUT2D eigenvalue weighted by molar-refractivity contribution is 1.48. The van der Waals surface area contributed by atoms with E-state index < -0.39 is 6.62 Å². The third-order valence-electron chi connectivity index (χ3n) is 4.17. The molecule has 0 saturated heterocycles. The van der Waals surface area contributed by atoms with Crippen molar-refractivity contribution in [3.63, 3.8) is 0 Å². The molecule has 0 saturated carbocycles. The van der Waals surface area contributed by atoms with Gasteiger partial charge in [0.25, 0.3) is 0 Å². The lowest BCUT2D eigenvalue weighted by Crippen LogP contribution is -2.27. The molecule has 3 aromatic rings. The highest BCUT2D eigenvalue weighted by Gasteiger charge is 2.44. The molecule has 0 unspecified atom stereocenters. The van der Waals surface area contributed by atoms with Crippen molar-refractivity contribution in [3.05, 3.63) is 89.5 Å². The summed E-state index contributed by atoms with van der Waals surface area (Å²) in [4.78, 5) is 0. The summed E-state index contributed by atoms with van der Waals surface area (Å²) < 4.78 is 0. The third kappa shape index (κ3) is 3.20. The molecule has 0 bridgehead atoms. The van der Waals surface area contributed by atoms with Crippen LogP contribution < -0.4 is 15.9 Å². The van der Waals surface area contributed by atoms with Gasteiger partial charge in [0.2, 0.25) is 6.62 Å². The fourth-order valence-electron chi connectivity index (χ4n) is 2.70. The lowest BCUT2D eigenvalue weighted by Gasteiger charge is -2.19. The maximum Gasteiger partial charge on any atom is 0.210 e. The van der Waals surface area contributed by atoms with E-state index in [1.807, 2.05) is 0 Å². The Kier molecular flexibility index (Phi) is 4.57. The van der Waals surface area contributed by atoms with Crippen molar-refractivity contribution in [1.29, 1.82) is 0 Å². The maximum absolute atomic E-state index is 7.38. The molecule has 2 heteroatoms. The van der Waals surface area contributed by atoms with Gasteiger partial charge in [-0.05, 0) is 57.2 Å². The summed E-state index contributed by atoms with van der Waals surface area (Å²) in [6.07, 6.45) is 0. The van der Waals surface area contributed by atoms with Gasteiger partial charge in [0.05, 0.1) is 0 Å². The van der Waals surface area contributed by atoms with Gasteiger partial charge >= 0.3 is 0 Å². The number of benzene rings is 3. The van der Waals surface area contributed by atoms with Gasteiger partial charge in [-0.25, -0.2) is 0 Å². The minimum absolute atomic E-state index is 1.21. The second-order valence-electron chi connectivity index (χ2n) is 6.10. The van der Waals surface area contributed by atoms with Crippen molar-refractivity contribution in [2.45, 2.75) is 20.8 Å². The van der Waals surface area contributed by atoms with E-state index in [0.717, 1.165) is 0 Å². The standard InChI is InChI=1S/C21H21ClP/c1-16-4-10-19(11-5-16)23(22,20-12-6-17(2)7-13-20)21-14-8-18(3)9-15-21/h4-15H,1-3H3/q+1. The minimum atomic E-state index is -2.11. The Morgan fingerprint density at radius 1 is 0.478 bits per heavy atom. The van der Waals surface area contributed by atoms with E-state index in [-0.39, 0.29) is 0 Å². The summed E-state index contributed by atoms with van der Waals surface area (Å²) in [7, 11) is 0. The van der Waals surface area contributed by atoms with Gasteiger partial charge in [0.15, 0.2) is 0 Å². The van der Waals surface area contributed by atoms with Gasteiger partial charge in [-0.2, -0.15) is 0 Å². The van der Waals surface area contributed by atoms with Crippen LogP contribution in [-0.4, -0.2) is 0 Å². The molecule has 0 nitrogen and oxygen atoms in total. The zero-order valence-corrected chi connectivity index (χ0v) is 15.4. The third-order valence-corrected chi connectivity index (χ3v) is 8.96. The van der Waals surface area contributed by atoms with Crippen molar-refractivity contribution < 1.29 is 0 Å². The molecule has 3 aromatic carbocycles. The zero-order valence-electron chi connectivity index (χ0n) is 13.8. The molecular formula is C21H21ClP+. The molecule has 0 spiro atoms. The zero-order chi connectivity index (χ0) is 16.4. The van der Waals surface area contributed by atoms with E-state index in [2.05, 4.69) is 93.6 Å². The highest BCUT2D eigenvalue weighted by atomic mass is 35.7. The van der Waals surface area contributed by atoms with Crippen LogP contribution in [-0.2, 0) is 0 Å². The van der Waals surface area contributed by atoms with E-state index >= 15 is 0 Å². The predicted octanol–water partition coefficient (Wildman–Crippen LogP) is 5.06. The molecule has 0 amide bonds. The van der Waals surface area contributed by atoms with Crippen molar-refractivity contribution in [1.82, 2.24) is 0 Å². The summed E-state index contributed by atoms with van der Waals surface area (Å²) in [5, 5.41) is 3.62. The van der Waals surface area contributed by atoms with Crippen LogP contribution in [0.25, 0.3) is 0 Å². The number of hydrogen-bond acceptors (Lipinski definition) is 0. The quantitative estimate of drug-likeness (QED) is 0.585. The number of aryl methyl sites for hydroxylation is 3. The first-order valence-electron chi connectivity index (χ1n) is 7.80. The van der Waals surface area contributed by atoms with Crippen molar-refractivity contribution in [3.8, 4) is 0 Å². The molecule has 0 aromatic heterocycles. The first-order valence-corrected chi connectivity index (χ1v) is 10.5. The van der Waals surface area contributed by atoms with Gasteiger partial charge in [-0.1, -0.05) is 53.1 Å². The van der Waals surface area contributed by atoms with Crippen LogP contribution in [0.2, 0.25) is 0 Å². The number of halogens is 1. The van der Waals surface area contributed by atoms with Crippen molar-refractivity contribution in [2.75, 3.05) is 0 Å². The molecule has 0 aliphatic rings. The van der Waals surface area contributed by atoms with Crippen LogP contribution in [0.15, 0.2) is 72.8 Å². The molecule has 0 fully saturated rings. The SMILES string of the molecule is Cc1ccc([P+](Cl)(c2ccc(C)cc2)c2ccc(C)cc2)cc1. The highest BCUT2D eigenvalue weighted by molar-refractivity contribution is 8.14. The Balaban J connectivity index is 2.21. The number of rotatable bonds is 3. The molecule has 0 heterocycles. The first-order chi connectivity index (χ1) is 11.0. The van der Waals surface area contributed by atoms with Crippen molar-refractivity contribution >= 4 is 33.8 Å². The van der Waals surface area contributed by atoms with Crippen molar-refractivity contribution in [2.24, 2.45) is 0 Å². The smallest absolute Gasteiger partial charge is 0.0553 e. The van der Waals surface area contributed by atoms with E-state index in [1.165, 1.54) is 32.6 Å². The van der Waals surface area contributed by atoms with Gasteiger partial charge in [0.1, 0.15) is 27.2 Å². The Labute approximate surface area is 144 Å². The molecule has 3 rings (SSSR count). The van der Waals surface area contributed by atoms with E-state index in [9.17, 15) is 0 Å². The van der Waals surface area contributed by atoms with Crippen LogP contribution in [0.3, 0.4) is 0 Å². The lowest BCUT2D eigenvalue weighted by atomic mass is 10.2. The Morgan fingerprint density at radius 3 is 0.913 bits per heavy atom. The van der Waals surface area contributed by atoms with Crippen LogP contribution in [0.5, 0.6) is 0 Å². The monoisotopic (exact) mass is 339 g/mol. The van der Waals surface area contributed by atoms with Crippen LogP contribution in [0.1, 0.15) is 16.7 Å². The molecular weight excluding hydrogens is 319 g/mol. The Bertz CT molecular complexity index is 676.